The van der Waals surface area contributed by atoms with Gasteiger partial charge in [0.1, 0.15) is 0 Å². The van der Waals surface area contributed by atoms with E-state index in [0.29, 0.717) is 0 Å². The quantitative estimate of drug-likeness (QED) is 0.522. The molecule has 1 nitrogen and oxygen atoms in total. The molecular formula is C10H21NS. The van der Waals surface area contributed by atoms with Crippen molar-refractivity contribution in [1.29, 1.82) is 0 Å². The second-order valence-corrected chi connectivity index (χ2v) is 4.43. The monoisotopic (exact) mass is 187 g/mol. The third-order valence-corrected chi connectivity index (χ3v) is 2.94. The summed E-state index contributed by atoms with van der Waals surface area (Å²) in [6, 6.07) is 0. The van der Waals surface area contributed by atoms with Gasteiger partial charge in [0.2, 0.25) is 0 Å². The fourth-order valence-corrected chi connectivity index (χ4v) is 2.16. The first-order valence-electron chi connectivity index (χ1n) is 5.16. The van der Waals surface area contributed by atoms with Crippen LogP contribution >= 0.6 is 12.6 Å². The van der Waals surface area contributed by atoms with Crippen molar-refractivity contribution in [3.63, 3.8) is 0 Å². The number of nitrogens with zero attached hydrogens (tertiary/aromatic N) is 1. The topological polar surface area (TPSA) is 3.24 Å². The number of unbranched alkanes of at least 4 members (excludes halogenated alkanes) is 1. The van der Waals surface area contributed by atoms with Crippen LogP contribution in [0.5, 0.6) is 0 Å². The van der Waals surface area contributed by atoms with Gasteiger partial charge in [-0.2, -0.15) is 12.6 Å². The van der Waals surface area contributed by atoms with Crippen LogP contribution in [-0.2, 0) is 0 Å². The molecule has 0 aromatic rings. The maximum Gasteiger partial charge on any atom is 0.000703 e. The minimum atomic E-state index is 0.926. The fourth-order valence-electron chi connectivity index (χ4n) is 1.94. The molecule has 1 heterocycles. The summed E-state index contributed by atoms with van der Waals surface area (Å²) in [4.78, 5) is 2.61. The summed E-state index contributed by atoms with van der Waals surface area (Å²) in [7, 11) is 0. The summed E-state index contributed by atoms with van der Waals surface area (Å²) in [6.07, 6.45) is 5.44. The normalized spacial score (nSPS) is 26.0. The number of hydrogen-bond acceptors (Lipinski definition) is 2. The van der Waals surface area contributed by atoms with Gasteiger partial charge in [-0.05, 0) is 50.4 Å². The average molecular weight is 187 g/mol. The summed E-state index contributed by atoms with van der Waals surface area (Å²) in [5, 5.41) is 0. The Kier molecular flexibility index (Phi) is 5.08. The van der Waals surface area contributed by atoms with Crippen LogP contribution in [0.3, 0.4) is 0 Å². The molecule has 0 aliphatic carbocycles. The summed E-state index contributed by atoms with van der Waals surface area (Å²) < 4.78 is 0. The van der Waals surface area contributed by atoms with Gasteiger partial charge in [0.15, 0.2) is 0 Å². The minimum Gasteiger partial charge on any atom is -0.303 e. The molecule has 1 atom stereocenters. The Morgan fingerprint density at radius 2 is 2.25 bits per heavy atom. The van der Waals surface area contributed by atoms with Crippen molar-refractivity contribution < 1.29 is 0 Å². The van der Waals surface area contributed by atoms with E-state index in [2.05, 4.69) is 24.5 Å². The maximum atomic E-state index is 4.22. The van der Waals surface area contributed by atoms with E-state index in [-0.39, 0.29) is 0 Å². The number of likely N-dealkylation sites (tertiary alicyclic amines) is 1. The minimum absolute atomic E-state index is 0.926. The third kappa shape index (κ3) is 3.81. The Bertz CT molecular complexity index is 116. The molecule has 1 fully saturated rings. The standard InChI is InChI=1S/C10H21NS/c1-10-5-4-7-11(9-10)6-2-3-8-12/h10,12H,2-9H2,1H3. The molecule has 1 aliphatic heterocycles. The first-order valence-corrected chi connectivity index (χ1v) is 5.79. The molecule has 0 radical (unpaired) electrons. The lowest BCUT2D eigenvalue weighted by Gasteiger charge is -2.30. The molecule has 0 N–H and O–H groups in total. The molecule has 1 rings (SSSR count). The highest BCUT2D eigenvalue weighted by atomic mass is 32.1. The molecule has 0 aromatic heterocycles. The van der Waals surface area contributed by atoms with E-state index in [0.717, 1.165) is 11.7 Å². The van der Waals surface area contributed by atoms with Gasteiger partial charge in [0.05, 0.1) is 0 Å². The highest BCUT2D eigenvalue weighted by molar-refractivity contribution is 7.80. The lowest BCUT2D eigenvalue weighted by molar-refractivity contribution is 0.182. The first-order chi connectivity index (χ1) is 5.83. The highest BCUT2D eigenvalue weighted by Crippen LogP contribution is 2.15. The number of hydrogen-bond donors (Lipinski definition) is 1. The van der Waals surface area contributed by atoms with E-state index in [1.165, 1.54) is 45.3 Å². The fraction of sp³-hybridized carbons (Fsp3) is 1.00. The van der Waals surface area contributed by atoms with Crippen LogP contribution < -0.4 is 0 Å². The largest absolute Gasteiger partial charge is 0.303 e. The Hall–Kier alpha value is 0.310. The second-order valence-electron chi connectivity index (χ2n) is 3.98. The van der Waals surface area contributed by atoms with E-state index in [4.69, 9.17) is 0 Å². The molecule has 12 heavy (non-hydrogen) atoms. The van der Waals surface area contributed by atoms with Gasteiger partial charge in [-0.25, -0.2) is 0 Å². The molecule has 72 valence electrons. The van der Waals surface area contributed by atoms with Gasteiger partial charge in [-0.3, -0.25) is 0 Å². The Morgan fingerprint density at radius 3 is 2.92 bits per heavy atom. The van der Waals surface area contributed by atoms with E-state index < -0.39 is 0 Å². The van der Waals surface area contributed by atoms with Crippen molar-refractivity contribution >= 4 is 12.6 Å². The lowest BCUT2D eigenvalue weighted by Crippen LogP contribution is -2.34. The zero-order valence-corrected chi connectivity index (χ0v) is 9.02. The first kappa shape index (κ1) is 10.4. The van der Waals surface area contributed by atoms with Crippen LogP contribution in [0, 0.1) is 5.92 Å². The molecule has 1 aliphatic rings. The number of thiol groups is 1. The van der Waals surface area contributed by atoms with Gasteiger partial charge in [-0.1, -0.05) is 6.92 Å². The number of rotatable bonds is 4. The molecule has 0 bridgehead atoms. The number of piperidine rings is 1. The molecule has 1 saturated heterocycles. The van der Waals surface area contributed by atoms with Crippen LogP contribution in [0.4, 0.5) is 0 Å². The van der Waals surface area contributed by atoms with Crippen molar-refractivity contribution in [2.45, 2.75) is 32.6 Å². The molecule has 0 amide bonds. The van der Waals surface area contributed by atoms with Gasteiger partial charge in [0.25, 0.3) is 0 Å². The van der Waals surface area contributed by atoms with Crippen molar-refractivity contribution in [2.75, 3.05) is 25.4 Å². The molecule has 0 spiro atoms. The van der Waals surface area contributed by atoms with Crippen LogP contribution in [0.25, 0.3) is 0 Å². The molecular weight excluding hydrogens is 166 g/mol. The van der Waals surface area contributed by atoms with Crippen molar-refractivity contribution in [3.8, 4) is 0 Å². The summed E-state index contributed by atoms with van der Waals surface area (Å²) in [5.41, 5.74) is 0. The van der Waals surface area contributed by atoms with Crippen molar-refractivity contribution in [3.05, 3.63) is 0 Å². The summed E-state index contributed by atoms with van der Waals surface area (Å²) in [6.45, 7) is 6.32. The Morgan fingerprint density at radius 1 is 1.42 bits per heavy atom. The van der Waals surface area contributed by atoms with Crippen LogP contribution in [-0.4, -0.2) is 30.3 Å². The zero-order valence-electron chi connectivity index (χ0n) is 8.13. The molecule has 2 heteroatoms. The van der Waals surface area contributed by atoms with Crippen LogP contribution in [0.2, 0.25) is 0 Å². The average Bonchev–Trinajstić information content (AvgIpc) is 2.05. The Balaban J connectivity index is 2.06. The lowest BCUT2D eigenvalue weighted by atomic mass is 10.0. The molecule has 0 saturated carbocycles. The predicted octanol–water partition coefficient (Wildman–Crippen LogP) is 2.43. The smallest absolute Gasteiger partial charge is 0.000703 e. The third-order valence-electron chi connectivity index (χ3n) is 2.62. The van der Waals surface area contributed by atoms with Gasteiger partial charge in [0, 0.05) is 6.54 Å². The molecule has 1 unspecified atom stereocenters. The molecule has 0 aromatic carbocycles. The van der Waals surface area contributed by atoms with Gasteiger partial charge >= 0.3 is 0 Å². The SMILES string of the molecule is CC1CCCN(CCCCS)C1. The maximum absolute atomic E-state index is 4.22. The summed E-state index contributed by atoms with van der Waals surface area (Å²) in [5.74, 6) is 1.97. The Labute approximate surface area is 81.9 Å². The van der Waals surface area contributed by atoms with Gasteiger partial charge < -0.3 is 4.90 Å². The van der Waals surface area contributed by atoms with E-state index in [9.17, 15) is 0 Å². The van der Waals surface area contributed by atoms with Crippen LogP contribution in [0.15, 0.2) is 0 Å². The van der Waals surface area contributed by atoms with Gasteiger partial charge in [-0.15, -0.1) is 0 Å². The van der Waals surface area contributed by atoms with Crippen molar-refractivity contribution in [1.82, 2.24) is 4.90 Å². The van der Waals surface area contributed by atoms with E-state index >= 15 is 0 Å². The predicted molar refractivity (Wildman–Crippen MR) is 57.9 cm³/mol. The highest BCUT2D eigenvalue weighted by Gasteiger charge is 2.14. The van der Waals surface area contributed by atoms with Crippen molar-refractivity contribution in [2.24, 2.45) is 5.92 Å². The zero-order chi connectivity index (χ0) is 8.81. The van der Waals surface area contributed by atoms with Crippen LogP contribution in [0.1, 0.15) is 32.6 Å². The van der Waals surface area contributed by atoms with E-state index in [1.54, 1.807) is 0 Å². The van der Waals surface area contributed by atoms with E-state index in [1.807, 2.05) is 0 Å². The summed E-state index contributed by atoms with van der Waals surface area (Å²) >= 11 is 4.22. The second kappa shape index (κ2) is 5.87.